The number of nitrogens with zero attached hydrogens (tertiary/aromatic N) is 4. The number of hydrogen-bond donors (Lipinski definition) is 1. The quantitative estimate of drug-likeness (QED) is 0.397. The summed E-state index contributed by atoms with van der Waals surface area (Å²) in [5, 5.41) is 3.60. The van der Waals surface area contributed by atoms with Gasteiger partial charge in [-0.2, -0.15) is 0 Å². The number of amides is 1. The van der Waals surface area contributed by atoms with Crippen molar-refractivity contribution in [2.75, 3.05) is 0 Å². The number of aryl methyl sites for hydroxylation is 2. The molecule has 0 atom stereocenters. The first-order valence-electron chi connectivity index (χ1n) is 12.5. The minimum Gasteiger partial charge on any atom is -0.349 e. The Morgan fingerprint density at radius 2 is 1.81 bits per heavy atom. The number of pyridine rings is 2. The average Bonchev–Trinajstić information content (AvgIpc) is 3.17. The standard InChI is InChI=1S/C28H30ClN5O2/c1-3-21-12-13-23(16-31-21)34-26-7-5-4-6-25(26)33(28(34)36)17-19-8-10-22(11-9-19)32-27(35)24-14-20(29)15-30-18(24)2/h4-7,12-16,19,22H,3,8-11,17H2,1-2H3,(H,32,35)/t19-,22-. The number of aromatic nitrogens is 4. The summed E-state index contributed by atoms with van der Waals surface area (Å²) in [6.07, 6.45) is 7.82. The summed E-state index contributed by atoms with van der Waals surface area (Å²) in [5.74, 6) is 0.234. The second-order valence-electron chi connectivity index (χ2n) is 9.56. The van der Waals surface area contributed by atoms with Crippen LogP contribution in [0.4, 0.5) is 0 Å². The van der Waals surface area contributed by atoms with Gasteiger partial charge in [-0.05, 0) is 75.3 Å². The Morgan fingerprint density at radius 1 is 1.06 bits per heavy atom. The van der Waals surface area contributed by atoms with E-state index in [1.807, 2.05) is 47.9 Å². The molecule has 0 bridgehead atoms. The summed E-state index contributed by atoms with van der Waals surface area (Å²) in [7, 11) is 0. The van der Waals surface area contributed by atoms with Crippen LogP contribution in [-0.4, -0.2) is 31.1 Å². The molecule has 1 aliphatic rings. The van der Waals surface area contributed by atoms with E-state index in [-0.39, 0.29) is 17.6 Å². The lowest BCUT2D eigenvalue weighted by molar-refractivity contribution is 0.0919. The van der Waals surface area contributed by atoms with E-state index >= 15 is 0 Å². The van der Waals surface area contributed by atoms with Crippen molar-refractivity contribution in [2.24, 2.45) is 5.92 Å². The van der Waals surface area contributed by atoms with Gasteiger partial charge in [0.25, 0.3) is 5.91 Å². The largest absolute Gasteiger partial charge is 0.349 e. The van der Waals surface area contributed by atoms with Crippen LogP contribution in [0.3, 0.4) is 0 Å². The van der Waals surface area contributed by atoms with Crippen molar-refractivity contribution in [2.45, 2.75) is 58.5 Å². The number of fused-ring (bicyclic) bond motifs is 1. The number of carbonyl (C=O) groups is 1. The number of benzene rings is 1. The molecule has 1 amide bonds. The minimum atomic E-state index is -0.132. The van der Waals surface area contributed by atoms with Gasteiger partial charge in [-0.1, -0.05) is 30.7 Å². The van der Waals surface area contributed by atoms with Crippen LogP contribution in [0.1, 0.15) is 54.4 Å². The van der Waals surface area contributed by atoms with E-state index in [0.717, 1.165) is 54.5 Å². The summed E-state index contributed by atoms with van der Waals surface area (Å²) in [6, 6.07) is 13.6. The molecule has 8 heteroatoms. The summed E-state index contributed by atoms with van der Waals surface area (Å²) in [6.45, 7) is 4.53. The molecule has 4 aromatic rings. The molecule has 1 aliphatic carbocycles. The van der Waals surface area contributed by atoms with Crippen LogP contribution in [0.2, 0.25) is 5.02 Å². The zero-order chi connectivity index (χ0) is 25.2. The van der Waals surface area contributed by atoms with E-state index in [2.05, 4.69) is 22.2 Å². The van der Waals surface area contributed by atoms with Gasteiger partial charge in [0.1, 0.15) is 0 Å². The van der Waals surface area contributed by atoms with Crippen LogP contribution in [0.5, 0.6) is 0 Å². The molecular formula is C28H30ClN5O2. The number of carbonyl (C=O) groups excluding carboxylic acids is 1. The third kappa shape index (κ3) is 4.80. The predicted molar refractivity (Wildman–Crippen MR) is 142 cm³/mol. The van der Waals surface area contributed by atoms with Crippen LogP contribution in [-0.2, 0) is 13.0 Å². The lowest BCUT2D eigenvalue weighted by Gasteiger charge is -2.29. The maximum Gasteiger partial charge on any atom is 0.333 e. The van der Waals surface area contributed by atoms with Gasteiger partial charge in [0.05, 0.1) is 39.2 Å². The molecule has 1 N–H and O–H groups in total. The first kappa shape index (κ1) is 24.3. The maximum atomic E-state index is 13.6. The monoisotopic (exact) mass is 503 g/mol. The molecule has 3 aromatic heterocycles. The summed E-state index contributed by atoms with van der Waals surface area (Å²) < 4.78 is 3.66. The van der Waals surface area contributed by atoms with Crippen molar-refractivity contribution in [1.29, 1.82) is 0 Å². The van der Waals surface area contributed by atoms with Crippen LogP contribution in [0.15, 0.2) is 59.7 Å². The number of para-hydroxylation sites is 2. The highest BCUT2D eigenvalue weighted by atomic mass is 35.5. The third-order valence-electron chi connectivity index (χ3n) is 7.19. The topological polar surface area (TPSA) is 81.8 Å². The Kier molecular flexibility index (Phi) is 6.92. The fraction of sp³-hybridized carbons (Fsp3) is 0.357. The summed E-state index contributed by atoms with van der Waals surface area (Å²) in [4.78, 5) is 35.0. The van der Waals surface area contributed by atoms with E-state index < -0.39 is 0 Å². The Hall–Kier alpha value is -3.45. The number of rotatable bonds is 6. The molecular weight excluding hydrogens is 474 g/mol. The fourth-order valence-corrected chi connectivity index (χ4v) is 5.30. The highest BCUT2D eigenvalue weighted by Gasteiger charge is 2.25. The van der Waals surface area contributed by atoms with Gasteiger partial charge < -0.3 is 5.32 Å². The Morgan fingerprint density at radius 3 is 2.50 bits per heavy atom. The van der Waals surface area contributed by atoms with Crippen LogP contribution in [0, 0.1) is 12.8 Å². The van der Waals surface area contributed by atoms with Crippen LogP contribution in [0.25, 0.3) is 16.7 Å². The molecule has 0 unspecified atom stereocenters. The van der Waals surface area contributed by atoms with Crippen molar-refractivity contribution in [1.82, 2.24) is 24.4 Å². The molecule has 1 saturated carbocycles. The van der Waals surface area contributed by atoms with Crippen LogP contribution < -0.4 is 11.0 Å². The van der Waals surface area contributed by atoms with Gasteiger partial charge in [0, 0.05) is 24.5 Å². The predicted octanol–water partition coefficient (Wildman–Crippen LogP) is 5.10. The third-order valence-corrected chi connectivity index (χ3v) is 7.39. The van der Waals surface area contributed by atoms with Crippen molar-refractivity contribution < 1.29 is 4.79 Å². The molecule has 0 saturated heterocycles. The lowest BCUT2D eigenvalue weighted by Crippen LogP contribution is -2.39. The molecule has 186 valence electrons. The first-order valence-corrected chi connectivity index (χ1v) is 12.9. The van der Waals surface area contributed by atoms with E-state index in [9.17, 15) is 9.59 Å². The zero-order valence-corrected chi connectivity index (χ0v) is 21.3. The number of hydrogen-bond acceptors (Lipinski definition) is 4. The smallest absolute Gasteiger partial charge is 0.333 e. The summed E-state index contributed by atoms with van der Waals surface area (Å²) >= 11 is 6.03. The molecule has 0 aliphatic heterocycles. The van der Waals surface area contributed by atoms with Gasteiger partial charge in [-0.15, -0.1) is 0 Å². The van der Waals surface area contributed by atoms with E-state index in [4.69, 9.17) is 11.6 Å². The Bertz CT molecular complexity index is 1450. The molecule has 5 rings (SSSR count). The zero-order valence-electron chi connectivity index (χ0n) is 20.6. The van der Waals surface area contributed by atoms with E-state index in [0.29, 0.717) is 28.7 Å². The van der Waals surface area contributed by atoms with Crippen LogP contribution >= 0.6 is 11.6 Å². The van der Waals surface area contributed by atoms with E-state index in [1.54, 1.807) is 23.0 Å². The maximum absolute atomic E-state index is 13.6. The number of halogens is 1. The fourth-order valence-electron chi connectivity index (χ4n) is 5.14. The van der Waals surface area contributed by atoms with Crippen molar-refractivity contribution in [3.8, 4) is 5.69 Å². The number of nitrogens with one attached hydrogen (secondary N) is 1. The normalized spacial score (nSPS) is 17.9. The Labute approximate surface area is 215 Å². The SMILES string of the molecule is CCc1ccc(-n2c(=O)n(C[C@H]3CC[C@H](NC(=O)c4cc(Cl)cnc4C)CC3)c3ccccc32)cn1. The molecule has 1 aromatic carbocycles. The van der Waals surface area contributed by atoms with Gasteiger partial charge in [-0.3, -0.25) is 23.9 Å². The second kappa shape index (κ2) is 10.3. The van der Waals surface area contributed by atoms with Gasteiger partial charge >= 0.3 is 5.69 Å². The molecule has 0 radical (unpaired) electrons. The minimum absolute atomic E-state index is 0.0402. The highest BCUT2D eigenvalue weighted by Crippen LogP contribution is 2.28. The van der Waals surface area contributed by atoms with Crippen molar-refractivity contribution >= 4 is 28.5 Å². The lowest BCUT2D eigenvalue weighted by atomic mass is 9.85. The molecule has 1 fully saturated rings. The average molecular weight is 504 g/mol. The second-order valence-corrected chi connectivity index (χ2v) is 9.99. The van der Waals surface area contributed by atoms with Gasteiger partial charge in [0.2, 0.25) is 0 Å². The van der Waals surface area contributed by atoms with Gasteiger partial charge in [0.15, 0.2) is 0 Å². The Balaban J connectivity index is 1.30. The molecule has 0 spiro atoms. The van der Waals surface area contributed by atoms with Crippen molar-refractivity contribution in [3.63, 3.8) is 0 Å². The molecule has 7 nitrogen and oxygen atoms in total. The first-order chi connectivity index (χ1) is 17.4. The molecule has 3 heterocycles. The molecule has 36 heavy (non-hydrogen) atoms. The number of imidazole rings is 1. The summed E-state index contributed by atoms with van der Waals surface area (Å²) in [5.41, 5.74) is 4.75. The highest BCUT2D eigenvalue weighted by molar-refractivity contribution is 6.30. The van der Waals surface area contributed by atoms with E-state index in [1.165, 1.54) is 0 Å². The van der Waals surface area contributed by atoms with Crippen molar-refractivity contribution in [3.05, 3.63) is 87.3 Å². The van der Waals surface area contributed by atoms with Gasteiger partial charge in [-0.25, -0.2) is 4.79 Å².